The lowest BCUT2D eigenvalue weighted by Gasteiger charge is -2.70. The lowest BCUT2D eigenvalue weighted by Crippen LogP contribution is -2.84. The van der Waals surface area contributed by atoms with Gasteiger partial charge in [-0.05, 0) is 68.0 Å². The zero-order valence-electron chi connectivity index (χ0n) is 17.1. The molecule has 32 heavy (non-hydrogen) atoms. The van der Waals surface area contributed by atoms with Crippen molar-refractivity contribution in [1.29, 1.82) is 0 Å². The van der Waals surface area contributed by atoms with Crippen LogP contribution >= 0.6 is 11.6 Å². The summed E-state index contributed by atoms with van der Waals surface area (Å²) in [5.74, 6) is -0.659. The van der Waals surface area contributed by atoms with Crippen LogP contribution in [0, 0.1) is 11.6 Å². The Kier molecular flexibility index (Phi) is 5.00. The van der Waals surface area contributed by atoms with Crippen molar-refractivity contribution in [2.24, 2.45) is 0 Å². The molecule has 9 heteroatoms. The molecule has 2 N–H and O–H groups in total. The third kappa shape index (κ3) is 3.88. The van der Waals surface area contributed by atoms with Gasteiger partial charge in [0.15, 0.2) is 12.7 Å². The molecule has 0 spiro atoms. The number of hydrogen-bond acceptors (Lipinski definition) is 4. The summed E-state index contributed by atoms with van der Waals surface area (Å²) in [6, 6.07) is 8.29. The fraction of sp³-hybridized carbons (Fsp3) is 0.391. The Morgan fingerprint density at radius 2 is 1.84 bits per heavy atom. The van der Waals surface area contributed by atoms with E-state index in [9.17, 15) is 18.4 Å². The van der Waals surface area contributed by atoms with Gasteiger partial charge >= 0.3 is 0 Å². The maximum absolute atomic E-state index is 13.4. The number of rotatable bonds is 6. The minimum absolute atomic E-state index is 0.0141. The Morgan fingerprint density at radius 1 is 1.09 bits per heavy atom. The van der Waals surface area contributed by atoms with Crippen molar-refractivity contribution in [3.63, 3.8) is 0 Å². The van der Waals surface area contributed by atoms with Crippen LogP contribution in [0.25, 0.3) is 0 Å². The minimum Gasteiger partial charge on any atom is -0.484 e. The smallest absolute Gasteiger partial charge is 0.261 e. The van der Waals surface area contributed by atoms with Crippen molar-refractivity contribution in [2.45, 2.75) is 49.3 Å². The van der Waals surface area contributed by atoms with Crippen LogP contribution in [0.2, 0.25) is 5.02 Å². The number of halogens is 3. The summed E-state index contributed by atoms with van der Waals surface area (Å²) in [5, 5.41) is 6.00. The fourth-order valence-electron chi connectivity index (χ4n) is 4.98. The van der Waals surface area contributed by atoms with Crippen molar-refractivity contribution in [1.82, 2.24) is 10.6 Å². The molecule has 1 aliphatic heterocycles. The Labute approximate surface area is 188 Å². The summed E-state index contributed by atoms with van der Waals surface area (Å²) in [6.45, 7) is -0.238. The van der Waals surface area contributed by atoms with E-state index in [1.54, 1.807) is 6.07 Å². The van der Waals surface area contributed by atoms with Gasteiger partial charge in [0, 0.05) is 17.1 Å². The third-order valence-corrected chi connectivity index (χ3v) is 6.65. The standard InChI is InChI=1S/C23H21ClF2N2O4/c24-16-4-3-15(8-17(16)26)31-9-20(29)27-22-10-23(11-22,12-22)28-21(30)19-5-1-13-7-14(25)2-6-18(13)32-19/h2-4,6-8,19H,1,5,9-12H2,(H,27,29)(H,28,30). The number of carbonyl (C=O) groups is 2. The normalized spacial score (nSPS) is 27.2. The Balaban J connectivity index is 1.08. The summed E-state index contributed by atoms with van der Waals surface area (Å²) >= 11 is 5.63. The van der Waals surface area contributed by atoms with E-state index >= 15 is 0 Å². The Bertz CT molecular complexity index is 1090. The second kappa shape index (κ2) is 7.62. The molecule has 3 fully saturated rings. The molecule has 3 saturated carbocycles. The van der Waals surface area contributed by atoms with Gasteiger partial charge in [-0.3, -0.25) is 9.59 Å². The van der Waals surface area contributed by atoms with Gasteiger partial charge in [0.25, 0.3) is 11.8 Å². The number of benzene rings is 2. The fourth-order valence-corrected chi connectivity index (χ4v) is 5.10. The highest BCUT2D eigenvalue weighted by Gasteiger charge is 2.69. The predicted octanol–water partition coefficient (Wildman–Crippen LogP) is 3.30. The van der Waals surface area contributed by atoms with Crippen LogP contribution in [0.5, 0.6) is 11.5 Å². The molecular formula is C23H21ClF2N2O4. The van der Waals surface area contributed by atoms with Crippen molar-refractivity contribution in [3.05, 3.63) is 58.6 Å². The molecule has 1 unspecified atom stereocenters. The molecule has 0 aromatic heterocycles. The van der Waals surface area contributed by atoms with E-state index < -0.39 is 11.9 Å². The van der Waals surface area contributed by atoms with Gasteiger partial charge in [-0.15, -0.1) is 0 Å². The molecule has 0 radical (unpaired) electrons. The molecule has 3 aliphatic carbocycles. The maximum atomic E-state index is 13.4. The first kappa shape index (κ1) is 21.0. The van der Waals surface area contributed by atoms with E-state index in [1.807, 2.05) is 0 Å². The summed E-state index contributed by atoms with van der Waals surface area (Å²) in [7, 11) is 0. The molecule has 2 aromatic rings. The number of carbonyl (C=O) groups excluding carboxylic acids is 2. The van der Waals surface area contributed by atoms with Gasteiger partial charge in [0.05, 0.1) is 5.02 Å². The molecule has 2 aromatic carbocycles. The van der Waals surface area contributed by atoms with Crippen molar-refractivity contribution in [2.75, 3.05) is 6.61 Å². The maximum Gasteiger partial charge on any atom is 0.261 e. The molecule has 1 atom stereocenters. The number of fused-ring (bicyclic) bond motifs is 1. The van der Waals surface area contributed by atoms with Gasteiger partial charge < -0.3 is 20.1 Å². The largest absolute Gasteiger partial charge is 0.484 e. The van der Waals surface area contributed by atoms with Crippen LogP contribution in [0.15, 0.2) is 36.4 Å². The summed E-state index contributed by atoms with van der Waals surface area (Å²) < 4.78 is 37.9. The zero-order chi connectivity index (χ0) is 22.5. The third-order valence-electron chi connectivity index (χ3n) is 6.34. The highest BCUT2D eigenvalue weighted by atomic mass is 35.5. The number of ether oxygens (including phenoxy) is 2. The van der Waals surface area contributed by atoms with Crippen LogP contribution in [-0.4, -0.2) is 35.6 Å². The van der Waals surface area contributed by atoms with E-state index in [4.69, 9.17) is 21.1 Å². The van der Waals surface area contributed by atoms with E-state index in [0.29, 0.717) is 37.9 Å². The first-order valence-electron chi connectivity index (χ1n) is 10.4. The first-order chi connectivity index (χ1) is 15.2. The van der Waals surface area contributed by atoms with Crippen LogP contribution in [0.1, 0.15) is 31.2 Å². The highest BCUT2D eigenvalue weighted by Crippen LogP contribution is 2.60. The topological polar surface area (TPSA) is 76.7 Å². The molecule has 0 saturated heterocycles. The van der Waals surface area contributed by atoms with Crippen LogP contribution < -0.4 is 20.1 Å². The Morgan fingerprint density at radius 3 is 2.59 bits per heavy atom. The van der Waals surface area contributed by atoms with Crippen LogP contribution in [-0.2, 0) is 16.0 Å². The molecule has 2 amide bonds. The minimum atomic E-state index is -0.612. The van der Waals surface area contributed by atoms with Crippen LogP contribution in [0.4, 0.5) is 8.78 Å². The second-order valence-electron chi connectivity index (χ2n) is 8.89. The quantitative estimate of drug-likeness (QED) is 0.690. The lowest BCUT2D eigenvalue weighted by atomic mass is 9.44. The number of aryl methyl sites for hydroxylation is 1. The first-order valence-corrected chi connectivity index (χ1v) is 10.8. The van der Waals surface area contributed by atoms with Crippen LogP contribution in [0.3, 0.4) is 0 Å². The van der Waals surface area contributed by atoms with E-state index in [-0.39, 0.29) is 46.1 Å². The van der Waals surface area contributed by atoms with Gasteiger partial charge in [0.2, 0.25) is 0 Å². The van der Waals surface area contributed by atoms with Gasteiger partial charge in [-0.1, -0.05) is 11.6 Å². The summed E-state index contributed by atoms with van der Waals surface area (Å²) in [6.07, 6.45) is 2.38. The van der Waals surface area contributed by atoms with Crippen molar-refractivity contribution in [3.8, 4) is 11.5 Å². The Hall–Kier alpha value is -2.87. The molecule has 2 bridgehead atoms. The zero-order valence-corrected chi connectivity index (χ0v) is 17.8. The highest BCUT2D eigenvalue weighted by molar-refractivity contribution is 6.30. The summed E-state index contributed by atoms with van der Waals surface area (Å²) in [4.78, 5) is 24.9. The van der Waals surface area contributed by atoms with Crippen molar-refractivity contribution < 1.29 is 27.8 Å². The number of nitrogens with one attached hydrogen (secondary N) is 2. The van der Waals surface area contributed by atoms with E-state index in [2.05, 4.69) is 10.6 Å². The molecular weight excluding hydrogens is 442 g/mol. The average molecular weight is 463 g/mol. The van der Waals surface area contributed by atoms with E-state index in [1.165, 1.54) is 24.3 Å². The predicted molar refractivity (Wildman–Crippen MR) is 112 cm³/mol. The van der Waals surface area contributed by atoms with E-state index in [0.717, 1.165) is 11.6 Å². The number of hydrogen-bond donors (Lipinski definition) is 2. The van der Waals surface area contributed by atoms with Gasteiger partial charge in [0.1, 0.15) is 23.1 Å². The monoisotopic (exact) mass is 462 g/mol. The summed E-state index contributed by atoms with van der Waals surface area (Å²) in [5.41, 5.74) is 0.109. The molecule has 4 aliphatic rings. The van der Waals surface area contributed by atoms with Gasteiger partial charge in [-0.25, -0.2) is 8.78 Å². The second-order valence-corrected chi connectivity index (χ2v) is 9.30. The molecule has 6 nitrogen and oxygen atoms in total. The SMILES string of the molecule is O=C(COc1ccc(Cl)c(F)c1)NC12CC(NC(=O)C3CCc4cc(F)ccc4O3)(C1)C2. The lowest BCUT2D eigenvalue weighted by molar-refractivity contribution is -0.154. The average Bonchev–Trinajstić information content (AvgIpc) is 2.71. The molecule has 1 heterocycles. The number of amides is 2. The van der Waals surface area contributed by atoms with Crippen molar-refractivity contribution >= 4 is 23.4 Å². The van der Waals surface area contributed by atoms with Gasteiger partial charge in [-0.2, -0.15) is 0 Å². The molecule has 168 valence electrons. The molecule has 6 rings (SSSR count).